The lowest BCUT2D eigenvalue weighted by Crippen LogP contribution is -2.60. The largest absolute Gasteiger partial charge is 0.445 e. The van der Waals surface area contributed by atoms with Crippen LogP contribution in [0.2, 0.25) is 0 Å². The number of carbonyl (C=O) groups excluding carboxylic acids is 11. The number of methoxy groups -OCH3 is 2. The van der Waals surface area contributed by atoms with E-state index < -0.39 is 138 Å². The first-order valence-corrected chi connectivity index (χ1v) is 35.4. The van der Waals surface area contributed by atoms with Gasteiger partial charge in [-0.25, -0.2) is 9.59 Å². The minimum atomic E-state index is -1.18. The molecule has 11 amide bonds. The molecule has 4 rings (SSSR count). The number of hydrogen-bond donors (Lipinski definition) is 9. The standard InChI is InChI=1S/C72H116N12O17/c1-15-46(8)62(56(97-13)38-58(87)84-32-20-24-55(84)64(98-14)47(9)65(89)76-48(10)63(88)51-21-17-16-18-22-51)81(11)70(94)60(44(4)5)80-69(93)61(45(6)7)82(12)72(96)101-42-49-25-27-53(28-26-49)77-67(91)54(23-19-31-75-71(74)95)78-68(92)59(43(2)3)79-66(90)52-37-50(41-85)39-83(40-52)57(86)29-33-99-35-36-100-34-30-73/h16-18,21-22,25-28,41,43-48,50,52,54-56,59-64,88H,15,19-20,23-24,29-40,42,73H2,1-14H3,(H,76,89)(H,77,91)(H,78,92)(H,79,90)(H,80,93)(H3,74,75,95)/t46-,47+,48+,50+,52+,54-,55-,56+,59-,60-,61-,62-,63+,64+/m0/s1. The van der Waals surface area contributed by atoms with E-state index in [1.807, 2.05) is 32.0 Å². The van der Waals surface area contributed by atoms with E-state index in [1.165, 1.54) is 31.1 Å². The number of benzene rings is 2. The van der Waals surface area contributed by atoms with Gasteiger partial charge < -0.3 is 91.7 Å². The van der Waals surface area contributed by atoms with Crippen LogP contribution >= 0.6 is 0 Å². The highest BCUT2D eigenvalue weighted by molar-refractivity contribution is 5.99. The van der Waals surface area contributed by atoms with Crippen LogP contribution in [0.5, 0.6) is 0 Å². The lowest BCUT2D eigenvalue weighted by molar-refractivity contribution is -0.148. The summed E-state index contributed by atoms with van der Waals surface area (Å²) in [4.78, 5) is 156. The summed E-state index contributed by atoms with van der Waals surface area (Å²) < 4.78 is 28.6. The molecule has 0 aliphatic carbocycles. The molecule has 0 spiro atoms. The number of anilines is 1. The van der Waals surface area contributed by atoms with E-state index in [0.29, 0.717) is 68.7 Å². The summed E-state index contributed by atoms with van der Waals surface area (Å²) in [5.74, 6) is -7.46. The number of ether oxygens (including phenoxy) is 5. The number of urea groups is 1. The topological polar surface area (TPSA) is 391 Å². The molecule has 2 aliphatic heterocycles. The fourth-order valence-electron chi connectivity index (χ4n) is 13.1. The van der Waals surface area contributed by atoms with Crippen molar-refractivity contribution < 1.29 is 81.5 Å². The second-order valence-corrected chi connectivity index (χ2v) is 27.6. The molecule has 566 valence electrons. The van der Waals surface area contributed by atoms with E-state index in [9.17, 15) is 57.8 Å². The Morgan fingerprint density at radius 2 is 1.39 bits per heavy atom. The van der Waals surface area contributed by atoms with Crippen LogP contribution in [0.3, 0.4) is 0 Å². The third-order valence-electron chi connectivity index (χ3n) is 19.0. The van der Waals surface area contributed by atoms with Gasteiger partial charge in [0.15, 0.2) is 0 Å². The van der Waals surface area contributed by atoms with E-state index >= 15 is 0 Å². The van der Waals surface area contributed by atoms with Crippen molar-refractivity contribution in [2.24, 2.45) is 52.9 Å². The third kappa shape index (κ3) is 26.2. The molecule has 2 saturated heterocycles. The minimum Gasteiger partial charge on any atom is -0.445 e. The van der Waals surface area contributed by atoms with Gasteiger partial charge in [0, 0.05) is 72.6 Å². The van der Waals surface area contributed by atoms with Crippen molar-refractivity contribution in [3.8, 4) is 0 Å². The summed E-state index contributed by atoms with van der Waals surface area (Å²) >= 11 is 0. The van der Waals surface area contributed by atoms with Gasteiger partial charge in [0.1, 0.15) is 37.1 Å². The van der Waals surface area contributed by atoms with Crippen molar-refractivity contribution >= 4 is 71.4 Å². The summed E-state index contributed by atoms with van der Waals surface area (Å²) in [7, 11) is 6.06. The average molecular weight is 1420 g/mol. The predicted molar refractivity (Wildman–Crippen MR) is 379 cm³/mol. The third-order valence-corrected chi connectivity index (χ3v) is 19.0. The van der Waals surface area contributed by atoms with Gasteiger partial charge in [0.05, 0.1) is 87.5 Å². The Balaban J connectivity index is 1.40. The Hall–Kier alpha value is -7.83. The molecule has 2 aliphatic rings. The number of aliphatic hydroxyl groups excluding tert-OH is 1. The molecule has 29 heteroatoms. The molecule has 2 heterocycles. The van der Waals surface area contributed by atoms with Crippen LogP contribution in [0.15, 0.2) is 54.6 Å². The van der Waals surface area contributed by atoms with Crippen molar-refractivity contribution in [2.45, 2.75) is 188 Å². The number of rotatable bonds is 42. The van der Waals surface area contributed by atoms with Crippen molar-refractivity contribution in [1.82, 2.24) is 46.2 Å². The number of primary amides is 1. The average Bonchev–Trinajstić information content (AvgIpc) is 1.80. The summed E-state index contributed by atoms with van der Waals surface area (Å²) in [6, 6.07) is 8.40. The molecule has 0 unspecified atom stereocenters. The molecule has 2 aromatic carbocycles. The van der Waals surface area contributed by atoms with Gasteiger partial charge in [-0.15, -0.1) is 0 Å². The van der Waals surface area contributed by atoms with Crippen LogP contribution in [0.4, 0.5) is 15.3 Å². The zero-order chi connectivity index (χ0) is 75.2. The minimum absolute atomic E-state index is 0.0129. The Morgan fingerprint density at radius 1 is 0.733 bits per heavy atom. The highest BCUT2D eigenvalue weighted by atomic mass is 16.6. The number of carbonyl (C=O) groups is 11. The molecule has 14 atom stereocenters. The van der Waals surface area contributed by atoms with Gasteiger partial charge in [-0.2, -0.15) is 0 Å². The molecular formula is C72H116N12O17. The maximum Gasteiger partial charge on any atom is 0.410 e. The van der Waals surface area contributed by atoms with Gasteiger partial charge in [-0.05, 0) is 86.0 Å². The molecule has 11 N–H and O–H groups in total. The predicted octanol–water partition coefficient (Wildman–Crippen LogP) is 3.64. The highest BCUT2D eigenvalue weighted by Crippen LogP contribution is 2.31. The van der Waals surface area contributed by atoms with Crippen LogP contribution in [0, 0.1) is 41.4 Å². The van der Waals surface area contributed by atoms with Gasteiger partial charge in [0.25, 0.3) is 0 Å². The van der Waals surface area contributed by atoms with Crippen LogP contribution in [0.1, 0.15) is 138 Å². The second-order valence-electron chi connectivity index (χ2n) is 27.6. The normalized spacial score (nSPS) is 18.7. The summed E-state index contributed by atoms with van der Waals surface area (Å²) in [6.45, 7) is 19.8. The van der Waals surface area contributed by atoms with E-state index in [1.54, 1.807) is 109 Å². The number of nitrogens with zero attached hydrogens (tertiary/aromatic N) is 4. The number of likely N-dealkylation sites (tertiary alicyclic amines) is 2. The molecule has 0 bridgehead atoms. The Bertz CT molecular complexity index is 2980. The first kappa shape index (κ1) is 85.6. The smallest absolute Gasteiger partial charge is 0.410 e. The Kier molecular flexibility index (Phi) is 36.6. The molecular weight excluding hydrogens is 1300 g/mol. The van der Waals surface area contributed by atoms with E-state index in [0.717, 1.165) is 0 Å². The molecule has 29 nitrogen and oxygen atoms in total. The summed E-state index contributed by atoms with van der Waals surface area (Å²) in [5.41, 5.74) is 12.2. The van der Waals surface area contributed by atoms with Crippen molar-refractivity contribution in [2.75, 3.05) is 92.8 Å². The molecule has 0 saturated carbocycles. The zero-order valence-corrected chi connectivity index (χ0v) is 61.7. The van der Waals surface area contributed by atoms with Crippen LogP contribution in [-0.2, 0) is 73.4 Å². The maximum atomic E-state index is 14.9. The molecule has 2 aromatic rings. The van der Waals surface area contributed by atoms with Crippen LogP contribution < -0.4 is 43.4 Å². The van der Waals surface area contributed by atoms with E-state index in [2.05, 4.69) is 31.9 Å². The fourth-order valence-corrected chi connectivity index (χ4v) is 13.1. The van der Waals surface area contributed by atoms with Gasteiger partial charge in [-0.1, -0.05) is 111 Å². The van der Waals surface area contributed by atoms with Gasteiger partial charge >= 0.3 is 12.1 Å². The van der Waals surface area contributed by atoms with Crippen molar-refractivity contribution in [3.05, 3.63) is 65.7 Å². The number of piperidine rings is 1. The number of nitrogens with one attached hydrogen (secondary N) is 6. The monoisotopic (exact) mass is 1420 g/mol. The van der Waals surface area contributed by atoms with Crippen molar-refractivity contribution in [3.63, 3.8) is 0 Å². The number of nitrogens with two attached hydrogens (primary N) is 2. The molecule has 0 radical (unpaired) electrons. The van der Waals surface area contributed by atoms with Crippen molar-refractivity contribution in [1.29, 1.82) is 0 Å². The van der Waals surface area contributed by atoms with E-state index in [-0.39, 0.29) is 95.2 Å². The number of aliphatic hydroxyl groups is 1. The summed E-state index contributed by atoms with van der Waals surface area (Å²) in [5, 5.41) is 27.7. The Labute approximate surface area is 596 Å². The second kappa shape index (κ2) is 43.2. The number of amides is 11. The maximum absolute atomic E-state index is 14.9. The quantitative estimate of drug-likeness (QED) is 0.0338. The first-order valence-electron chi connectivity index (χ1n) is 35.4. The fraction of sp³-hybridized carbons (Fsp3) is 0.681. The molecule has 101 heavy (non-hydrogen) atoms. The van der Waals surface area contributed by atoms with Gasteiger partial charge in [-0.3, -0.25) is 43.3 Å². The summed E-state index contributed by atoms with van der Waals surface area (Å²) in [6.07, 6.45) is -0.348. The van der Waals surface area contributed by atoms with Gasteiger partial charge in [0.2, 0.25) is 47.3 Å². The van der Waals surface area contributed by atoms with Crippen LogP contribution in [0.25, 0.3) is 0 Å². The van der Waals surface area contributed by atoms with Crippen LogP contribution in [-0.4, -0.2) is 232 Å². The molecule has 2 fully saturated rings. The lowest BCUT2D eigenvalue weighted by atomic mass is 9.88. The Morgan fingerprint density at radius 3 is 1.97 bits per heavy atom. The number of hydrogen-bond acceptors (Lipinski definition) is 18. The van der Waals surface area contributed by atoms with E-state index in [4.69, 9.17) is 35.2 Å². The number of likely N-dealkylation sites (N-methyl/N-ethyl adjacent to an activating group) is 2. The SMILES string of the molecule is CC[C@H](C)[C@@H]([C@@H](CC(=O)N1CCC[C@H]1[C@H](OC)[C@@H](C)C(=O)N[C@H](C)[C@@H](O)c1ccccc1)OC)N(C)C(=O)[C@@H](NC(=O)[C@H](C(C)C)N(C)C(=O)OCc1ccc(NC(=O)[C@H](CCCNC(N)=O)NC(=O)[C@@H](NC(=O)[C@@H]2C[C@@H](C=O)CN(C(=O)CCOCCOCCN)C2)C(C)C)cc1)C(C)C. The first-order chi connectivity index (χ1) is 47.9. The molecule has 0 aromatic heterocycles. The number of aldehydes is 1. The zero-order valence-electron chi connectivity index (χ0n) is 61.7. The highest BCUT2D eigenvalue weighted by Gasteiger charge is 2.45. The lowest BCUT2D eigenvalue weighted by Gasteiger charge is -2.41.